The van der Waals surface area contributed by atoms with Crippen LogP contribution in [0.5, 0.6) is 0 Å². The standard InChI is InChI=1S/C10H13N3O3S/c14-17(15,16)8-4-3-7-13-10-6-2-1-5-9(10)11-12-13/h1-2,5-6H,3-4,7-8H2,(H,14,15,16). The van der Waals surface area contributed by atoms with Gasteiger partial charge in [-0.1, -0.05) is 17.3 Å². The molecule has 0 saturated carbocycles. The molecule has 0 amide bonds. The quantitative estimate of drug-likeness (QED) is 0.638. The number of para-hydroxylation sites is 1. The molecule has 0 fully saturated rings. The van der Waals surface area contributed by atoms with Crippen LogP contribution in [-0.4, -0.2) is 33.7 Å². The van der Waals surface area contributed by atoms with Gasteiger partial charge in [0.25, 0.3) is 10.1 Å². The Balaban J connectivity index is 1.96. The summed E-state index contributed by atoms with van der Waals surface area (Å²) in [6.07, 6.45) is 1.04. The maximum Gasteiger partial charge on any atom is 0.264 e. The molecule has 7 heteroatoms. The fraction of sp³-hybridized carbons (Fsp3) is 0.400. The highest BCUT2D eigenvalue weighted by molar-refractivity contribution is 7.85. The number of unbranched alkanes of at least 4 members (excludes halogenated alkanes) is 1. The van der Waals surface area contributed by atoms with Gasteiger partial charge in [0, 0.05) is 6.54 Å². The number of benzene rings is 1. The molecule has 0 saturated heterocycles. The van der Waals surface area contributed by atoms with Crippen molar-refractivity contribution in [1.29, 1.82) is 0 Å². The van der Waals surface area contributed by atoms with Crippen LogP contribution in [-0.2, 0) is 16.7 Å². The first kappa shape index (κ1) is 12.0. The Bertz CT molecular complexity index is 606. The zero-order valence-corrected chi connectivity index (χ0v) is 9.97. The van der Waals surface area contributed by atoms with Crippen LogP contribution in [0.1, 0.15) is 12.8 Å². The highest BCUT2D eigenvalue weighted by Gasteiger charge is 2.05. The molecule has 92 valence electrons. The van der Waals surface area contributed by atoms with E-state index in [4.69, 9.17) is 4.55 Å². The third-order valence-electron chi connectivity index (χ3n) is 2.44. The molecule has 0 unspecified atom stereocenters. The van der Waals surface area contributed by atoms with E-state index in [0.717, 1.165) is 11.0 Å². The Labute approximate surface area is 99.0 Å². The molecule has 0 radical (unpaired) electrons. The predicted octanol–water partition coefficient (Wildman–Crippen LogP) is 1.10. The summed E-state index contributed by atoms with van der Waals surface area (Å²) in [5.41, 5.74) is 1.75. The van der Waals surface area contributed by atoms with Crippen molar-refractivity contribution >= 4 is 21.2 Å². The lowest BCUT2D eigenvalue weighted by Gasteiger charge is -2.01. The lowest BCUT2D eigenvalue weighted by Crippen LogP contribution is -2.06. The lowest BCUT2D eigenvalue weighted by molar-refractivity contribution is 0.476. The van der Waals surface area contributed by atoms with Gasteiger partial charge in [0.1, 0.15) is 5.52 Å². The van der Waals surface area contributed by atoms with Crippen molar-refractivity contribution in [2.24, 2.45) is 0 Å². The molecule has 2 rings (SSSR count). The number of hydrogen-bond acceptors (Lipinski definition) is 4. The highest BCUT2D eigenvalue weighted by Crippen LogP contribution is 2.10. The molecule has 0 spiro atoms. The van der Waals surface area contributed by atoms with E-state index in [2.05, 4.69) is 10.3 Å². The summed E-state index contributed by atoms with van der Waals surface area (Å²) in [7, 11) is -3.85. The third kappa shape index (κ3) is 3.24. The Morgan fingerprint density at radius 3 is 2.76 bits per heavy atom. The van der Waals surface area contributed by atoms with Gasteiger partial charge in [0.15, 0.2) is 0 Å². The van der Waals surface area contributed by atoms with Crippen molar-refractivity contribution in [3.8, 4) is 0 Å². The molecular weight excluding hydrogens is 242 g/mol. The average Bonchev–Trinajstić information content (AvgIpc) is 2.67. The van der Waals surface area contributed by atoms with Gasteiger partial charge in [-0.2, -0.15) is 8.42 Å². The summed E-state index contributed by atoms with van der Waals surface area (Å²) in [6.45, 7) is 0.593. The molecule has 1 N–H and O–H groups in total. The molecule has 0 aliphatic carbocycles. The Hall–Kier alpha value is -1.47. The number of aryl methyl sites for hydroxylation is 1. The van der Waals surface area contributed by atoms with Gasteiger partial charge in [-0.15, -0.1) is 5.10 Å². The van der Waals surface area contributed by atoms with Gasteiger partial charge in [-0.05, 0) is 25.0 Å². The molecule has 2 aromatic rings. The van der Waals surface area contributed by atoms with Crippen molar-refractivity contribution in [3.63, 3.8) is 0 Å². The first-order valence-electron chi connectivity index (χ1n) is 5.30. The van der Waals surface area contributed by atoms with Crippen molar-refractivity contribution in [2.75, 3.05) is 5.75 Å². The summed E-state index contributed by atoms with van der Waals surface area (Å²) in [6, 6.07) is 7.58. The molecule has 0 aliphatic heterocycles. The van der Waals surface area contributed by atoms with Crippen molar-refractivity contribution in [1.82, 2.24) is 15.0 Å². The van der Waals surface area contributed by atoms with Gasteiger partial charge in [-0.3, -0.25) is 4.55 Å². The van der Waals surface area contributed by atoms with E-state index < -0.39 is 10.1 Å². The van der Waals surface area contributed by atoms with Gasteiger partial charge < -0.3 is 0 Å². The van der Waals surface area contributed by atoms with E-state index in [1.54, 1.807) is 4.68 Å². The topological polar surface area (TPSA) is 85.1 Å². The second kappa shape index (κ2) is 4.80. The number of nitrogens with zero attached hydrogens (tertiary/aromatic N) is 3. The van der Waals surface area contributed by atoms with Crippen LogP contribution in [0.4, 0.5) is 0 Å². The lowest BCUT2D eigenvalue weighted by atomic mass is 10.3. The third-order valence-corrected chi connectivity index (χ3v) is 3.25. The highest BCUT2D eigenvalue weighted by atomic mass is 32.2. The van der Waals surface area contributed by atoms with Crippen molar-refractivity contribution in [3.05, 3.63) is 24.3 Å². The molecule has 1 aromatic heterocycles. The molecule has 0 bridgehead atoms. The van der Waals surface area contributed by atoms with E-state index in [0.29, 0.717) is 19.4 Å². The maximum atomic E-state index is 10.5. The fourth-order valence-electron chi connectivity index (χ4n) is 1.63. The molecule has 0 aliphatic rings. The second-order valence-electron chi connectivity index (χ2n) is 3.79. The SMILES string of the molecule is O=S(=O)(O)CCCCn1nnc2ccccc21. The van der Waals surface area contributed by atoms with E-state index in [1.807, 2.05) is 24.3 Å². The Morgan fingerprint density at radius 2 is 2.00 bits per heavy atom. The monoisotopic (exact) mass is 255 g/mol. The van der Waals surface area contributed by atoms with Gasteiger partial charge in [-0.25, -0.2) is 4.68 Å². The summed E-state index contributed by atoms with van der Waals surface area (Å²) in [4.78, 5) is 0. The molecule has 17 heavy (non-hydrogen) atoms. The van der Waals surface area contributed by atoms with Gasteiger partial charge >= 0.3 is 0 Å². The first-order valence-corrected chi connectivity index (χ1v) is 6.90. The largest absolute Gasteiger partial charge is 0.286 e. The number of hydrogen-bond donors (Lipinski definition) is 1. The van der Waals surface area contributed by atoms with Crippen LogP contribution in [0, 0.1) is 0 Å². The van der Waals surface area contributed by atoms with E-state index in [9.17, 15) is 8.42 Å². The summed E-state index contributed by atoms with van der Waals surface area (Å²) >= 11 is 0. The average molecular weight is 255 g/mol. The van der Waals surface area contributed by atoms with E-state index >= 15 is 0 Å². The minimum atomic E-state index is -3.85. The molecule has 0 atom stereocenters. The molecular formula is C10H13N3O3S. The van der Waals surface area contributed by atoms with Gasteiger partial charge in [0.2, 0.25) is 0 Å². The summed E-state index contributed by atoms with van der Waals surface area (Å²) in [5.74, 6) is -0.209. The normalized spacial score (nSPS) is 12.1. The van der Waals surface area contributed by atoms with E-state index in [-0.39, 0.29) is 5.75 Å². The number of rotatable bonds is 5. The summed E-state index contributed by atoms with van der Waals surface area (Å²) < 4.78 is 31.4. The number of fused-ring (bicyclic) bond motifs is 1. The zero-order valence-electron chi connectivity index (χ0n) is 9.15. The predicted molar refractivity (Wildman–Crippen MR) is 63.2 cm³/mol. The van der Waals surface area contributed by atoms with Crippen LogP contribution in [0.25, 0.3) is 11.0 Å². The molecule has 6 nitrogen and oxygen atoms in total. The number of aromatic nitrogens is 3. The molecule has 1 heterocycles. The Morgan fingerprint density at radius 1 is 1.24 bits per heavy atom. The zero-order chi connectivity index (χ0) is 12.3. The molecule has 1 aromatic carbocycles. The van der Waals surface area contributed by atoms with Gasteiger partial charge in [0.05, 0.1) is 11.3 Å². The second-order valence-corrected chi connectivity index (χ2v) is 5.37. The minimum absolute atomic E-state index is 0.209. The van der Waals surface area contributed by atoms with Crippen LogP contribution < -0.4 is 0 Å². The smallest absolute Gasteiger partial charge is 0.264 e. The minimum Gasteiger partial charge on any atom is -0.286 e. The van der Waals surface area contributed by atoms with Crippen molar-refractivity contribution in [2.45, 2.75) is 19.4 Å². The fourth-order valence-corrected chi connectivity index (χ4v) is 2.20. The maximum absolute atomic E-state index is 10.5. The Kier molecular flexibility index (Phi) is 3.39. The van der Waals surface area contributed by atoms with Crippen LogP contribution >= 0.6 is 0 Å². The van der Waals surface area contributed by atoms with Crippen LogP contribution in [0.15, 0.2) is 24.3 Å². The summed E-state index contributed by atoms with van der Waals surface area (Å²) in [5, 5.41) is 7.98. The van der Waals surface area contributed by atoms with Crippen LogP contribution in [0.3, 0.4) is 0 Å². The van der Waals surface area contributed by atoms with E-state index in [1.165, 1.54) is 0 Å². The first-order chi connectivity index (χ1) is 8.06. The van der Waals surface area contributed by atoms with Crippen molar-refractivity contribution < 1.29 is 13.0 Å². The van der Waals surface area contributed by atoms with Crippen LogP contribution in [0.2, 0.25) is 0 Å².